The van der Waals surface area contributed by atoms with E-state index in [1.165, 1.54) is 19.2 Å². The molecule has 2 aromatic rings. The molecule has 0 saturated heterocycles. The molecule has 1 N–H and O–H groups in total. The molecule has 1 fully saturated rings. The van der Waals surface area contributed by atoms with Gasteiger partial charge in [0.2, 0.25) is 0 Å². The molecule has 8 heteroatoms. The van der Waals surface area contributed by atoms with Crippen molar-refractivity contribution in [3.8, 4) is 5.75 Å². The first-order valence-corrected chi connectivity index (χ1v) is 8.23. The minimum atomic E-state index is -0.584. The van der Waals surface area contributed by atoms with E-state index in [1.54, 1.807) is 12.3 Å². The van der Waals surface area contributed by atoms with E-state index in [-0.39, 0.29) is 29.1 Å². The summed E-state index contributed by atoms with van der Waals surface area (Å²) < 4.78 is 6.88. The maximum Gasteiger partial charge on any atom is 0.323 e. The fourth-order valence-corrected chi connectivity index (χ4v) is 3.38. The predicted molar refractivity (Wildman–Crippen MR) is 90.6 cm³/mol. The van der Waals surface area contributed by atoms with E-state index in [1.807, 2.05) is 16.9 Å². The standard InChI is InChI=1S/C17H20N4O4/c1-25-15-9-4-6-12(16(15)21(23)24)17(22)19-13-7-2-3-8-14(13)20-11-5-10-18-20/h4-6,9-11,13-14H,2-3,7-8H2,1H3,(H,19,22)/t13-,14-/m1/s1. The summed E-state index contributed by atoms with van der Waals surface area (Å²) in [5.74, 6) is -0.389. The summed E-state index contributed by atoms with van der Waals surface area (Å²) in [5.41, 5.74) is -0.303. The van der Waals surface area contributed by atoms with Gasteiger partial charge in [-0.05, 0) is 31.0 Å². The number of hydrogen-bond donors (Lipinski definition) is 1. The molecule has 2 atom stereocenters. The van der Waals surface area contributed by atoms with Crippen molar-refractivity contribution in [1.82, 2.24) is 15.1 Å². The Hall–Kier alpha value is -2.90. The van der Waals surface area contributed by atoms with Gasteiger partial charge in [-0.15, -0.1) is 0 Å². The third-order valence-electron chi connectivity index (χ3n) is 4.56. The molecule has 0 bridgehead atoms. The van der Waals surface area contributed by atoms with Gasteiger partial charge in [0, 0.05) is 12.4 Å². The number of ether oxygens (including phenoxy) is 1. The van der Waals surface area contributed by atoms with Crippen LogP contribution in [-0.4, -0.2) is 33.8 Å². The van der Waals surface area contributed by atoms with Crippen LogP contribution in [0.3, 0.4) is 0 Å². The molecule has 1 aliphatic carbocycles. The molecule has 3 rings (SSSR count). The van der Waals surface area contributed by atoms with E-state index < -0.39 is 10.8 Å². The highest BCUT2D eigenvalue weighted by molar-refractivity contribution is 5.99. The van der Waals surface area contributed by atoms with Crippen molar-refractivity contribution in [2.75, 3.05) is 7.11 Å². The lowest BCUT2D eigenvalue weighted by Gasteiger charge is -2.32. The number of carbonyl (C=O) groups excluding carboxylic acids is 1. The van der Waals surface area contributed by atoms with Crippen LogP contribution in [0.25, 0.3) is 0 Å². The molecule has 1 aromatic heterocycles. The van der Waals surface area contributed by atoms with E-state index in [4.69, 9.17) is 4.74 Å². The number of carbonyl (C=O) groups is 1. The second-order valence-corrected chi connectivity index (χ2v) is 6.03. The third-order valence-corrected chi connectivity index (χ3v) is 4.56. The van der Waals surface area contributed by atoms with Crippen molar-refractivity contribution in [2.45, 2.75) is 37.8 Å². The Bertz CT molecular complexity index is 760. The number of para-hydroxylation sites is 1. The van der Waals surface area contributed by atoms with Crippen LogP contribution in [0.1, 0.15) is 42.1 Å². The molecule has 0 spiro atoms. The van der Waals surface area contributed by atoms with Gasteiger partial charge < -0.3 is 10.1 Å². The summed E-state index contributed by atoms with van der Waals surface area (Å²) in [5, 5.41) is 18.6. The minimum absolute atomic E-state index is 0.00846. The SMILES string of the molecule is COc1cccc(C(=O)N[C@@H]2CCCC[C@H]2n2cccn2)c1[N+](=O)[O-]. The van der Waals surface area contributed by atoms with Gasteiger partial charge in [-0.25, -0.2) is 0 Å². The number of aromatic nitrogens is 2. The van der Waals surface area contributed by atoms with Crippen molar-refractivity contribution < 1.29 is 14.5 Å². The Kier molecular flexibility index (Phi) is 4.97. The smallest absolute Gasteiger partial charge is 0.323 e. The zero-order valence-corrected chi connectivity index (χ0v) is 13.9. The molecule has 0 aliphatic heterocycles. The molecular formula is C17H20N4O4. The van der Waals surface area contributed by atoms with Crippen LogP contribution in [0.4, 0.5) is 5.69 Å². The number of nitro benzene ring substituents is 1. The molecule has 1 amide bonds. The Morgan fingerprint density at radius 3 is 2.84 bits per heavy atom. The topological polar surface area (TPSA) is 99.3 Å². The molecule has 132 valence electrons. The highest BCUT2D eigenvalue weighted by atomic mass is 16.6. The lowest BCUT2D eigenvalue weighted by molar-refractivity contribution is -0.386. The first-order chi connectivity index (χ1) is 12.1. The summed E-state index contributed by atoms with van der Waals surface area (Å²) >= 11 is 0. The molecule has 0 radical (unpaired) electrons. The van der Waals surface area contributed by atoms with Crippen LogP contribution >= 0.6 is 0 Å². The molecule has 1 aromatic carbocycles. The zero-order valence-electron chi connectivity index (χ0n) is 13.9. The van der Waals surface area contributed by atoms with Gasteiger partial charge in [0.25, 0.3) is 5.91 Å². The van der Waals surface area contributed by atoms with Crippen LogP contribution < -0.4 is 10.1 Å². The maximum absolute atomic E-state index is 12.7. The van der Waals surface area contributed by atoms with Gasteiger partial charge in [0.1, 0.15) is 5.56 Å². The summed E-state index contributed by atoms with van der Waals surface area (Å²) in [4.78, 5) is 23.5. The predicted octanol–water partition coefficient (Wildman–Crippen LogP) is 2.71. The average Bonchev–Trinajstić information content (AvgIpc) is 3.15. The number of methoxy groups -OCH3 is 1. The fourth-order valence-electron chi connectivity index (χ4n) is 3.38. The number of nitro groups is 1. The Morgan fingerprint density at radius 1 is 1.36 bits per heavy atom. The van der Waals surface area contributed by atoms with Crippen molar-refractivity contribution in [3.63, 3.8) is 0 Å². The summed E-state index contributed by atoms with van der Waals surface area (Å²) in [7, 11) is 1.35. The van der Waals surface area contributed by atoms with E-state index in [0.29, 0.717) is 0 Å². The van der Waals surface area contributed by atoms with E-state index in [2.05, 4.69) is 10.4 Å². The molecule has 0 unspecified atom stereocenters. The average molecular weight is 344 g/mol. The van der Waals surface area contributed by atoms with Gasteiger partial charge in [-0.2, -0.15) is 5.10 Å². The zero-order chi connectivity index (χ0) is 17.8. The molecule has 1 saturated carbocycles. The summed E-state index contributed by atoms with van der Waals surface area (Å²) in [6.45, 7) is 0. The first kappa shape index (κ1) is 16.9. The van der Waals surface area contributed by atoms with Gasteiger partial charge in [-0.1, -0.05) is 18.9 Å². The minimum Gasteiger partial charge on any atom is -0.490 e. The molecule has 1 aliphatic rings. The Morgan fingerprint density at radius 2 is 2.16 bits per heavy atom. The number of rotatable bonds is 5. The number of nitrogens with one attached hydrogen (secondary N) is 1. The highest BCUT2D eigenvalue weighted by Crippen LogP contribution is 2.32. The van der Waals surface area contributed by atoms with Crippen LogP contribution in [0.2, 0.25) is 0 Å². The van der Waals surface area contributed by atoms with Crippen molar-refractivity contribution in [1.29, 1.82) is 0 Å². The highest BCUT2D eigenvalue weighted by Gasteiger charge is 2.31. The van der Waals surface area contributed by atoms with Gasteiger partial charge >= 0.3 is 5.69 Å². The number of amides is 1. The van der Waals surface area contributed by atoms with Crippen LogP contribution in [0.15, 0.2) is 36.7 Å². The number of nitrogens with zero attached hydrogens (tertiary/aromatic N) is 3. The molecule has 25 heavy (non-hydrogen) atoms. The van der Waals surface area contributed by atoms with Gasteiger partial charge in [-0.3, -0.25) is 19.6 Å². The van der Waals surface area contributed by atoms with E-state index >= 15 is 0 Å². The Balaban J connectivity index is 1.85. The van der Waals surface area contributed by atoms with Crippen LogP contribution in [0.5, 0.6) is 5.75 Å². The second kappa shape index (κ2) is 7.33. The second-order valence-electron chi connectivity index (χ2n) is 6.03. The lowest BCUT2D eigenvalue weighted by atomic mass is 9.90. The van der Waals surface area contributed by atoms with Crippen molar-refractivity contribution in [2.24, 2.45) is 0 Å². The number of hydrogen-bond acceptors (Lipinski definition) is 5. The summed E-state index contributed by atoms with van der Waals surface area (Å²) in [6, 6.07) is 6.28. The van der Waals surface area contributed by atoms with E-state index in [0.717, 1.165) is 25.7 Å². The van der Waals surface area contributed by atoms with Crippen LogP contribution in [-0.2, 0) is 0 Å². The molecule has 1 heterocycles. The summed E-state index contributed by atoms with van der Waals surface area (Å²) in [6.07, 6.45) is 7.38. The first-order valence-electron chi connectivity index (χ1n) is 8.23. The quantitative estimate of drug-likeness (QED) is 0.664. The van der Waals surface area contributed by atoms with Crippen molar-refractivity contribution in [3.05, 3.63) is 52.3 Å². The lowest BCUT2D eigenvalue weighted by Crippen LogP contribution is -2.43. The monoisotopic (exact) mass is 344 g/mol. The number of benzene rings is 1. The largest absolute Gasteiger partial charge is 0.490 e. The fraction of sp³-hybridized carbons (Fsp3) is 0.412. The maximum atomic E-state index is 12.7. The molecule has 8 nitrogen and oxygen atoms in total. The van der Waals surface area contributed by atoms with Gasteiger partial charge in [0.15, 0.2) is 5.75 Å². The van der Waals surface area contributed by atoms with Crippen LogP contribution in [0, 0.1) is 10.1 Å². The third kappa shape index (κ3) is 3.47. The van der Waals surface area contributed by atoms with Crippen molar-refractivity contribution >= 4 is 11.6 Å². The molecular weight excluding hydrogens is 324 g/mol. The normalized spacial score (nSPS) is 20.0. The van der Waals surface area contributed by atoms with E-state index in [9.17, 15) is 14.9 Å². The Labute approximate surface area is 144 Å². The van der Waals surface area contributed by atoms with Gasteiger partial charge in [0.05, 0.1) is 24.1 Å².